The monoisotopic (exact) mass is 210 g/mol. The molecule has 0 bridgehead atoms. The van der Waals surface area contributed by atoms with E-state index in [0.717, 1.165) is 27.5 Å². The van der Waals surface area contributed by atoms with E-state index in [1.165, 1.54) is 0 Å². The van der Waals surface area contributed by atoms with Crippen molar-refractivity contribution in [2.24, 2.45) is 0 Å². The van der Waals surface area contributed by atoms with Gasteiger partial charge in [0.25, 0.3) is 0 Å². The van der Waals surface area contributed by atoms with Crippen molar-refractivity contribution >= 4 is 9.52 Å². The molecule has 0 N–H and O–H groups in total. The van der Waals surface area contributed by atoms with Crippen LogP contribution < -0.4 is 0 Å². The van der Waals surface area contributed by atoms with Crippen molar-refractivity contribution in [1.82, 2.24) is 0 Å². The molecule has 0 atom stereocenters. The summed E-state index contributed by atoms with van der Waals surface area (Å²) in [7, 11) is 4.30. The van der Waals surface area contributed by atoms with Crippen molar-refractivity contribution in [3.8, 4) is 0 Å². The second-order valence-corrected chi connectivity index (χ2v) is 5.68. The summed E-state index contributed by atoms with van der Waals surface area (Å²) >= 11 is 0. The van der Waals surface area contributed by atoms with E-state index in [4.69, 9.17) is 9.47 Å². The van der Waals surface area contributed by atoms with Crippen LogP contribution in [0.25, 0.3) is 0 Å². The van der Waals surface area contributed by atoms with Gasteiger partial charge in [0, 0.05) is 0 Å². The Morgan fingerprint density at radius 3 is 2.07 bits per heavy atom. The molecular weight excluding hydrogens is 192 g/mol. The smallest absolute Gasteiger partial charge is 0.0991 e. The molecule has 1 rings (SSSR count). The van der Waals surface area contributed by atoms with E-state index in [9.17, 15) is 0 Å². The Morgan fingerprint density at radius 1 is 1.21 bits per heavy atom. The molecule has 0 amide bonds. The summed E-state index contributed by atoms with van der Waals surface area (Å²) in [6, 6.07) is 0. The average molecular weight is 210 g/mol. The minimum absolute atomic E-state index is 0.346. The van der Waals surface area contributed by atoms with E-state index in [0.29, 0.717) is 11.1 Å². The zero-order chi connectivity index (χ0) is 10.6. The van der Waals surface area contributed by atoms with Crippen LogP contribution in [0.4, 0.5) is 0 Å². The minimum Gasteiger partial charge on any atom is -0.501 e. The molecule has 0 spiro atoms. The highest BCUT2D eigenvalue weighted by atomic mass is 28.2. The van der Waals surface area contributed by atoms with Crippen LogP contribution >= 0.6 is 0 Å². The highest BCUT2D eigenvalue weighted by Crippen LogP contribution is 2.33. The van der Waals surface area contributed by atoms with Crippen LogP contribution in [-0.4, -0.2) is 23.7 Å². The molecule has 0 fully saturated rings. The second kappa shape index (κ2) is 5.25. The van der Waals surface area contributed by atoms with Crippen LogP contribution in [0.1, 0.15) is 20.3 Å². The molecule has 78 valence electrons. The molecule has 2 radical (unpaired) electrons. The molecule has 0 aromatic rings. The third-order valence-corrected chi connectivity index (χ3v) is 3.75. The number of rotatable bonds is 4. The predicted octanol–water partition coefficient (Wildman–Crippen LogP) is 2.77. The van der Waals surface area contributed by atoms with Crippen LogP contribution in [0.15, 0.2) is 23.7 Å². The lowest BCUT2D eigenvalue weighted by atomic mass is 10.1. The Hall–Kier alpha value is -0.703. The maximum Gasteiger partial charge on any atom is 0.0991 e. The first-order valence-corrected chi connectivity index (χ1v) is 6.08. The Kier molecular flexibility index (Phi) is 4.26. The van der Waals surface area contributed by atoms with Crippen LogP contribution in [0, 0.1) is 0 Å². The van der Waals surface area contributed by atoms with Crippen molar-refractivity contribution in [3.05, 3.63) is 23.7 Å². The maximum absolute atomic E-state index is 5.38. The molecule has 1 aliphatic carbocycles. The quantitative estimate of drug-likeness (QED) is 0.664. The lowest BCUT2D eigenvalue weighted by molar-refractivity contribution is 0.232. The van der Waals surface area contributed by atoms with Gasteiger partial charge in [-0.15, -0.1) is 0 Å². The molecular formula is C11H18O2Si. The molecule has 14 heavy (non-hydrogen) atoms. The normalized spacial score (nSPS) is 17.8. The van der Waals surface area contributed by atoms with E-state index in [2.05, 4.69) is 26.0 Å². The Balaban J connectivity index is 2.75. The molecule has 0 aliphatic heterocycles. The number of hydrogen-bond donors (Lipinski definition) is 0. The largest absolute Gasteiger partial charge is 0.501 e. The molecule has 2 nitrogen and oxygen atoms in total. The van der Waals surface area contributed by atoms with Crippen molar-refractivity contribution in [1.29, 1.82) is 0 Å². The summed E-state index contributed by atoms with van der Waals surface area (Å²) in [6.07, 6.45) is 5.20. The van der Waals surface area contributed by atoms with Crippen molar-refractivity contribution in [3.63, 3.8) is 0 Å². The summed E-state index contributed by atoms with van der Waals surface area (Å²) in [5.41, 5.74) is 1.02. The van der Waals surface area contributed by atoms with Crippen LogP contribution in [0.3, 0.4) is 0 Å². The fraction of sp³-hybridized carbons (Fsp3) is 0.636. The molecule has 0 aromatic carbocycles. The zero-order valence-corrected chi connectivity index (χ0v) is 10.3. The molecule has 0 saturated heterocycles. The first-order valence-electron chi connectivity index (χ1n) is 4.93. The number of hydrogen-bond acceptors (Lipinski definition) is 2. The van der Waals surface area contributed by atoms with Gasteiger partial charge in [-0.1, -0.05) is 19.4 Å². The second-order valence-electron chi connectivity index (χ2n) is 3.61. The van der Waals surface area contributed by atoms with Gasteiger partial charge in [0.05, 0.1) is 40.8 Å². The van der Waals surface area contributed by atoms with Gasteiger partial charge < -0.3 is 9.47 Å². The number of methoxy groups -OCH3 is 2. The summed E-state index contributed by atoms with van der Waals surface area (Å²) in [4.78, 5) is 0. The molecule has 0 unspecified atom stereocenters. The third kappa shape index (κ3) is 2.64. The van der Waals surface area contributed by atoms with E-state index < -0.39 is 0 Å². The topological polar surface area (TPSA) is 18.5 Å². The molecule has 3 heteroatoms. The highest BCUT2D eigenvalue weighted by Gasteiger charge is 2.24. The summed E-state index contributed by atoms with van der Waals surface area (Å²) in [6.45, 7) is 4.46. The van der Waals surface area contributed by atoms with Gasteiger partial charge in [0.1, 0.15) is 0 Å². The standard InChI is InChI=1S/C11H18O2Si/c1-8(2)14-11-9(12-3)6-5-7-10(11)13-4/h6-8,11H,5H2,1-4H3. The van der Waals surface area contributed by atoms with Crippen molar-refractivity contribution in [2.45, 2.75) is 31.4 Å². The van der Waals surface area contributed by atoms with Gasteiger partial charge in [-0.25, -0.2) is 0 Å². The van der Waals surface area contributed by atoms with Gasteiger partial charge in [-0.3, -0.25) is 0 Å². The molecule has 0 aromatic heterocycles. The fourth-order valence-electron chi connectivity index (χ4n) is 1.57. The summed E-state index contributed by atoms with van der Waals surface area (Å²) in [5.74, 6) is 2.13. The summed E-state index contributed by atoms with van der Waals surface area (Å²) < 4.78 is 10.8. The van der Waals surface area contributed by atoms with E-state index in [1.807, 2.05) is 0 Å². The first-order chi connectivity index (χ1) is 6.69. The molecule has 0 saturated carbocycles. The van der Waals surface area contributed by atoms with Gasteiger partial charge >= 0.3 is 0 Å². The number of ether oxygens (including phenoxy) is 2. The Bertz CT molecular complexity index is 224. The van der Waals surface area contributed by atoms with Crippen LogP contribution in [0.2, 0.25) is 11.1 Å². The van der Waals surface area contributed by atoms with Gasteiger partial charge in [0.15, 0.2) is 0 Å². The van der Waals surface area contributed by atoms with Gasteiger partial charge in [-0.2, -0.15) is 0 Å². The predicted molar refractivity (Wildman–Crippen MR) is 59.4 cm³/mol. The van der Waals surface area contributed by atoms with E-state index >= 15 is 0 Å². The maximum atomic E-state index is 5.38. The highest BCUT2D eigenvalue weighted by molar-refractivity contribution is 6.41. The average Bonchev–Trinajstić information content (AvgIpc) is 2.17. The zero-order valence-electron chi connectivity index (χ0n) is 9.33. The molecule has 0 heterocycles. The van der Waals surface area contributed by atoms with Crippen LogP contribution in [0.5, 0.6) is 0 Å². The van der Waals surface area contributed by atoms with Crippen LogP contribution in [-0.2, 0) is 9.47 Å². The first kappa shape index (κ1) is 11.4. The van der Waals surface area contributed by atoms with Gasteiger partial charge in [0.2, 0.25) is 0 Å². The van der Waals surface area contributed by atoms with E-state index in [1.54, 1.807) is 14.2 Å². The lowest BCUT2D eigenvalue weighted by Gasteiger charge is -2.25. The lowest BCUT2D eigenvalue weighted by Crippen LogP contribution is -2.16. The van der Waals surface area contributed by atoms with Crippen molar-refractivity contribution in [2.75, 3.05) is 14.2 Å². The Labute approximate surface area is 88.8 Å². The van der Waals surface area contributed by atoms with E-state index in [-0.39, 0.29) is 0 Å². The van der Waals surface area contributed by atoms with Crippen molar-refractivity contribution < 1.29 is 9.47 Å². The molecule has 1 aliphatic rings. The van der Waals surface area contributed by atoms with Gasteiger partial charge in [-0.05, 0) is 18.6 Å². The summed E-state index contributed by atoms with van der Waals surface area (Å²) in [5, 5.41) is 0. The fourth-order valence-corrected chi connectivity index (χ4v) is 3.03. The Morgan fingerprint density at radius 2 is 1.71 bits per heavy atom. The SMILES string of the molecule is COC1=CCC=C(OC)C1[Si]C(C)C. The third-order valence-electron chi connectivity index (χ3n) is 2.18. The number of allylic oxidation sites excluding steroid dienone is 2. The minimum atomic E-state index is 0.346.